The third-order valence-electron chi connectivity index (χ3n) is 2.38. The van der Waals surface area contributed by atoms with Crippen molar-refractivity contribution in [1.29, 1.82) is 0 Å². The van der Waals surface area contributed by atoms with Crippen LogP contribution in [0.2, 0.25) is 0 Å². The van der Waals surface area contributed by atoms with Gasteiger partial charge in [0.15, 0.2) is 0 Å². The number of carbonyl (C=O) groups is 1. The third kappa shape index (κ3) is 3.55. The molecule has 0 saturated carbocycles. The van der Waals surface area contributed by atoms with Gasteiger partial charge in [0, 0.05) is 0 Å². The van der Waals surface area contributed by atoms with Gasteiger partial charge in [-0.05, 0) is 23.6 Å². The van der Waals surface area contributed by atoms with Crippen LogP contribution < -0.4 is 10.1 Å². The molecule has 2 aromatic heterocycles. The first-order chi connectivity index (χ1) is 9.58. The molecule has 0 bridgehead atoms. The molecular formula is C12H11F2NO4S. The lowest BCUT2D eigenvalue weighted by Gasteiger charge is -2.10. The molecule has 0 aromatic carbocycles. The number of halogens is 2. The number of alkyl halides is 2. The lowest BCUT2D eigenvalue weighted by molar-refractivity contribution is -0.0498. The SMILES string of the molecule is O=C(NCC(O)c1ccco1)c1sccc1OC(F)F. The summed E-state index contributed by atoms with van der Waals surface area (Å²) in [5, 5.41) is 13.6. The number of thiophene rings is 1. The fraction of sp³-hybridized carbons (Fsp3) is 0.250. The Bertz CT molecular complexity index is 556. The molecule has 0 saturated heterocycles. The van der Waals surface area contributed by atoms with E-state index in [9.17, 15) is 18.7 Å². The standard InChI is InChI=1S/C12H11F2NO4S/c13-12(14)19-9-3-5-20-10(9)11(17)15-6-7(16)8-2-1-4-18-8/h1-5,7,12,16H,6H2,(H,15,17). The van der Waals surface area contributed by atoms with Crippen LogP contribution in [-0.4, -0.2) is 24.2 Å². The molecule has 1 amide bonds. The molecule has 2 heterocycles. The van der Waals surface area contributed by atoms with E-state index in [0.717, 1.165) is 11.3 Å². The van der Waals surface area contributed by atoms with Gasteiger partial charge in [-0.25, -0.2) is 0 Å². The summed E-state index contributed by atoms with van der Waals surface area (Å²) in [7, 11) is 0. The fourth-order valence-corrected chi connectivity index (χ4v) is 2.24. The molecule has 2 rings (SSSR count). The molecule has 2 N–H and O–H groups in total. The first-order valence-electron chi connectivity index (χ1n) is 5.60. The molecule has 0 aliphatic rings. The highest BCUT2D eigenvalue weighted by Gasteiger charge is 2.19. The zero-order chi connectivity index (χ0) is 14.5. The zero-order valence-corrected chi connectivity index (χ0v) is 10.9. The number of hydrogen-bond donors (Lipinski definition) is 2. The van der Waals surface area contributed by atoms with Crippen LogP contribution in [0.1, 0.15) is 21.5 Å². The van der Waals surface area contributed by atoms with E-state index in [1.165, 1.54) is 17.7 Å². The number of aliphatic hydroxyl groups excluding tert-OH is 1. The number of carbonyl (C=O) groups excluding carboxylic acids is 1. The molecular weight excluding hydrogens is 292 g/mol. The van der Waals surface area contributed by atoms with Crippen LogP contribution in [0.3, 0.4) is 0 Å². The smallest absolute Gasteiger partial charge is 0.387 e. The van der Waals surface area contributed by atoms with E-state index in [1.54, 1.807) is 12.1 Å². The molecule has 8 heteroatoms. The van der Waals surface area contributed by atoms with Gasteiger partial charge in [-0.3, -0.25) is 4.79 Å². The minimum Gasteiger partial charge on any atom is -0.467 e. The molecule has 20 heavy (non-hydrogen) atoms. The Morgan fingerprint density at radius 2 is 2.30 bits per heavy atom. The van der Waals surface area contributed by atoms with Crippen molar-refractivity contribution in [3.63, 3.8) is 0 Å². The van der Waals surface area contributed by atoms with E-state index in [0.29, 0.717) is 5.76 Å². The molecule has 0 fully saturated rings. The van der Waals surface area contributed by atoms with Gasteiger partial charge in [0.25, 0.3) is 5.91 Å². The number of amides is 1. The lowest BCUT2D eigenvalue weighted by Crippen LogP contribution is -2.28. The van der Waals surface area contributed by atoms with Gasteiger partial charge < -0.3 is 19.6 Å². The van der Waals surface area contributed by atoms with Crippen LogP contribution in [0, 0.1) is 0 Å². The number of rotatable bonds is 6. The predicted molar refractivity (Wildman–Crippen MR) is 67.0 cm³/mol. The molecule has 1 atom stereocenters. The summed E-state index contributed by atoms with van der Waals surface area (Å²) in [5.74, 6) is -0.475. The first kappa shape index (κ1) is 14.5. The molecule has 108 valence electrons. The summed E-state index contributed by atoms with van der Waals surface area (Å²) in [4.78, 5) is 11.8. The van der Waals surface area contributed by atoms with Crippen molar-refractivity contribution in [1.82, 2.24) is 5.32 Å². The molecule has 0 spiro atoms. The van der Waals surface area contributed by atoms with Crippen LogP contribution >= 0.6 is 11.3 Å². The Hall–Kier alpha value is -1.93. The average molecular weight is 303 g/mol. The van der Waals surface area contributed by atoms with Crippen LogP contribution in [0.15, 0.2) is 34.3 Å². The normalized spacial score (nSPS) is 12.4. The molecule has 0 aliphatic heterocycles. The fourth-order valence-electron chi connectivity index (χ4n) is 1.50. The van der Waals surface area contributed by atoms with Crippen molar-refractivity contribution in [3.05, 3.63) is 40.5 Å². The summed E-state index contributed by atoms with van der Waals surface area (Å²) in [6, 6.07) is 4.45. The Kier molecular flexibility index (Phi) is 4.70. The van der Waals surface area contributed by atoms with Gasteiger partial charge >= 0.3 is 6.61 Å². The summed E-state index contributed by atoms with van der Waals surface area (Å²) < 4.78 is 33.5. The summed E-state index contributed by atoms with van der Waals surface area (Å²) in [6.45, 7) is -3.09. The van der Waals surface area contributed by atoms with E-state index in [2.05, 4.69) is 10.1 Å². The second-order valence-corrected chi connectivity index (χ2v) is 4.65. The maximum absolute atomic E-state index is 12.1. The van der Waals surface area contributed by atoms with Crippen LogP contribution in [0.4, 0.5) is 8.78 Å². The Labute approximate surface area is 116 Å². The average Bonchev–Trinajstić information content (AvgIpc) is 3.05. The van der Waals surface area contributed by atoms with Crippen LogP contribution in [0.25, 0.3) is 0 Å². The van der Waals surface area contributed by atoms with Crippen molar-refractivity contribution in [2.45, 2.75) is 12.7 Å². The van der Waals surface area contributed by atoms with E-state index in [-0.39, 0.29) is 17.2 Å². The second-order valence-electron chi connectivity index (χ2n) is 3.73. The summed E-state index contributed by atoms with van der Waals surface area (Å²) in [5.41, 5.74) is 0. The van der Waals surface area contributed by atoms with Crippen molar-refractivity contribution < 1.29 is 27.8 Å². The zero-order valence-electron chi connectivity index (χ0n) is 10.1. The van der Waals surface area contributed by atoms with Gasteiger partial charge in [0.1, 0.15) is 22.5 Å². The first-order valence-corrected chi connectivity index (χ1v) is 6.48. The van der Waals surface area contributed by atoms with E-state index < -0.39 is 18.6 Å². The highest BCUT2D eigenvalue weighted by molar-refractivity contribution is 7.12. The lowest BCUT2D eigenvalue weighted by atomic mass is 10.2. The number of nitrogens with one attached hydrogen (secondary N) is 1. The molecule has 0 aliphatic carbocycles. The van der Waals surface area contributed by atoms with E-state index in [1.807, 2.05) is 0 Å². The second kappa shape index (κ2) is 6.49. The number of ether oxygens (including phenoxy) is 1. The topological polar surface area (TPSA) is 71.7 Å². The summed E-state index contributed by atoms with van der Waals surface area (Å²) in [6.07, 6.45) is 0.391. The van der Waals surface area contributed by atoms with E-state index >= 15 is 0 Å². The number of hydrogen-bond acceptors (Lipinski definition) is 5. The molecule has 0 radical (unpaired) electrons. The number of aliphatic hydroxyl groups is 1. The monoisotopic (exact) mass is 303 g/mol. The van der Waals surface area contributed by atoms with Crippen molar-refractivity contribution in [2.75, 3.05) is 6.54 Å². The van der Waals surface area contributed by atoms with Crippen molar-refractivity contribution in [3.8, 4) is 5.75 Å². The Balaban J connectivity index is 1.93. The van der Waals surface area contributed by atoms with Gasteiger partial charge in [-0.2, -0.15) is 8.78 Å². The summed E-state index contributed by atoms with van der Waals surface area (Å²) >= 11 is 0.973. The predicted octanol–water partition coefficient (Wildman–Crippen LogP) is 2.41. The van der Waals surface area contributed by atoms with Gasteiger partial charge in [0.05, 0.1) is 12.8 Å². The maximum Gasteiger partial charge on any atom is 0.387 e. The number of furan rings is 1. The van der Waals surface area contributed by atoms with Crippen LogP contribution in [-0.2, 0) is 0 Å². The highest BCUT2D eigenvalue weighted by atomic mass is 32.1. The van der Waals surface area contributed by atoms with Crippen molar-refractivity contribution in [2.24, 2.45) is 0 Å². The quantitative estimate of drug-likeness (QED) is 0.859. The maximum atomic E-state index is 12.1. The molecule has 5 nitrogen and oxygen atoms in total. The van der Waals surface area contributed by atoms with Gasteiger partial charge in [0.2, 0.25) is 0 Å². The Morgan fingerprint density at radius 1 is 1.50 bits per heavy atom. The Morgan fingerprint density at radius 3 is 2.95 bits per heavy atom. The van der Waals surface area contributed by atoms with Gasteiger partial charge in [-0.15, -0.1) is 11.3 Å². The highest BCUT2D eigenvalue weighted by Crippen LogP contribution is 2.26. The van der Waals surface area contributed by atoms with Crippen molar-refractivity contribution >= 4 is 17.2 Å². The largest absolute Gasteiger partial charge is 0.467 e. The minimum atomic E-state index is -3.00. The minimum absolute atomic E-state index is 0.0249. The van der Waals surface area contributed by atoms with Crippen LogP contribution in [0.5, 0.6) is 5.75 Å². The van der Waals surface area contributed by atoms with Gasteiger partial charge in [-0.1, -0.05) is 0 Å². The molecule has 2 aromatic rings. The van der Waals surface area contributed by atoms with E-state index in [4.69, 9.17) is 4.42 Å². The molecule has 1 unspecified atom stereocenters. The third-order valence-corrected chi connectivity index (χ3v) is 3.27.